The van der Waals surface area contributed by atoms with Crippen LogP contribution in [0.25, 0.3) is 22.2 Å². The Morgan fingerprint density at radius 1 is 1.10 bits per heavy atom. The zero-order valence-electron chi connectivity index (χ0n) is 16.5. The number of amides is 1. The number of halogens is 2. The van der Waals surface area contributed by atoms with Crippen LogP contribution in [0, 0.1) is 11.8 Å². The summed E-state index contributed by atoms with van der Waals surface area (Å²) in [6, 6.07) is 8.95. The van der Waals surface area contributed by atoms with Crippen LogP contribution in [0.3, 0.4) is 0 Å². The highest BCUT2D eigenvalue weighted by atomic mass is 19.1. The maximum Gasteiger partial charge on any atom is 0.249 e. The molecule has 0 aliphatic rings. The fourth-order valence-electron chi connectivity index (χ4n) is 3.36. The normalized spacial score (nSPS) is 12.0. The molecule has 0 bridgehead atoms. The molecule has 9 heteroatoms. The van der Waals surface area contributed by atoms with Crippen molar-refractivity contribution in [1.82, 2.24) is 19.9 Å². The van der Waals surface area contributed by atoms with Gasteiger partial charge in [-0.1, -0.05) is 13.0 Å². The Hall–Kier alpha value is -4.01. The molecule has 3 aromatic heterocycles. The summed E-state index contributed by atoms with van der Waals surface area (Å²) >= 11 is 0. The number of nitrogens with one attached hydrogen (secondary N) is 1. The Kier molecular flexibility index (Phi) is 5.48. The quantitative estimate of drug-likeness (QED) is 0.461. The van der Waals surface area contributed by atoms with E-state index in [-0.39, 0.29) is 16.9 Å². The molecule has 156 valence electrons. The van der Waals surface area contributed by atoms with Gasteiger partial charge in [0.2, 0.25) is 11.9 Å². The minimum absolute atomic E-state index is 0.0929. The monoisotopic (exact) mass is 420 g/mol. The summed E-state index contributed by atoms with van der Waals surface area (Å²) < 4.78 is 27.5. The van der Waals surface area contributed by atoms with Gasteiger partial charge in [0, 0.05) is 41.9 Å². The molecule has 3 N–H and O–H groups in total. The number of pyridine rings is 2. The predicted molar refractivity (Wildman–Crippen MR) is 112 cm³/mol. The van der Waals surface area contributed by atoms with E-state index < -0.39 is 17.7 Å². The molecule has 0 aliphatic carbocycles. The average molecular weight is 420 g/mol. The van der Waals surface area contributed by atoms with Crippen LogP contribution in [0.5, 0.6) is 0 Å². The van der Waals surface area contributed by atoms with E-state index >= 15 is 0 Å². The first-order chi connectivity index (χ1) is 14.9. The number of nitrogens with two attached hydrogens (primary N) is 1. The minimum atomic E-state index is -0.710. The number of fused-ring (bicyclic) bond motifs is 1. The maximum absolute atomic E-state index is 14.4. The number of nitrogens with zero attached hydrogens (tertiary/aromatic N) is 4. The molecule has 0 saturated carbocycles. The molecule has 0 radical (unpaired) electrons. The first-order valence-corrected chi connectivity index (χ1v) is 9.49. The zero-order valence-corrected chi connectivity index (χ0v) is 16.5. The van der Waals surface area contributed by atoms with Crippen LogP contribution in [0.4, 0.5) is 14.6 Å². The van der Waals surface area contributed by atoms with Crippen molar-refractivity contribution in [3.05, 3.63) is 78.0 Å². The lowest BCUT2D eigenvalue weighted by molar-refractivity contribution is 0.100. The molecular weight excluding hydrogens is 402 g/mol. The lowest BCUT2D eigenvalue weighted by Gasteiger charge is -2.16. The molecule has 3 heterocycles. The minimum Gasteiger partial charge on any atom is -0.369 e. The van der Waals surface area contributed by atoms with E-state index in [0.717, 1.165) is 5.56 Å². The Labute approximate surface area is 176 Å². The molecule has 0 unspecified atom stereocenters. The topological polar surface area (TPSA) is 107 Å². The lowest BCUT2D eigenvalue weighted by Crippen LogP contribution is -2.14. The SMILES string of the molecule is C[C@H](CNc1cc(-c2ccc(F)nc2)ncn1)c1ccc(F)c2c(C(N)=O)ccnc12. The Morgan fingerprint density at radius 3 is 2.68 bits per heavy atom. The smallest absolute Gasteiger partial charge is 0.249 e. The third-order valence-electron chi connectivity index (χ3n) is 4.95. The molecule has 1 atom stereocenters. The Bertz CT molecular complexity index is 1260. The highest BCUT2D eigenvalue weighted by molar-refractivity contribution is 6.06. The largest absolute Gasteiger partial charge is 0.369 e. The molecule has 4 rings (SSSR count). The summed E-state index contributed by atoms with van der Waals surface area (Å²) in [4.78, 5) is 28.0. The molecule has 0 saturated heterocycles. The van der Waals surface area contributed by atoms with Crippen LogP contribution >= 0.6 is 0 Å². The van der Waals surface area contributed by atoms with Crippen LogP contribution in [0.1, 0.15) is 28.8 Å². The predicted octanol–water partition coefficient (Wildman–Crippen LogP) is 3.68. The van der Waals surface area contributed by atoms with E-state index in [9.17, 15) is 13.6 Å². The Balaban J connectivity index is 1.58. The van der Waals surface area contributed by atoms with E-state index in [1.165, 1.54) is 36.9 Å². The van der Waals surface area contributed by atoms with Crippen LogP contribution in [-0.4, -0.2) is 32.4 Å². The lowest BCUT2D eigenvalue weighted by atomic mass is 9.95. The van der Waals surface area contributed by atoms with Gasteiger partial charge < -0.3 is 11.1 Å². The van der Waals surface area contributed by atoms with Crippen molar-refractivity contribution in [3.8, 4) is 11.3 Å². The molecule has 7 nitrogen and oxygen atoms in total. The van der Waals surface area contributed by atoms with Gasteiger partial charge in [0.25, 0.3) is 0 Å². The van der Waals surface area contributed by atoms with E-state index in [1.54, 1.807) is 18.2 Å². The summed E-state index contributed by atoms with van der Waals surface area (Å²) in [5.41, 5.74) is 7.91. The fraction of sp³-hybridized carbons (Fsp3) is 0.136. The molecule has 1 aromatic carbocycles. The average Bonchev–Trinajstić information content (AvgIpc) is 2.78. The number of benzene rings is 1. The van der Waals surface area contributed by atoms with Gasteiger partial charge in [-0.15, -0.1) is 0 Å². The molecule has 1 amide bonds. The number of hydrogen-bond acceptors (Lipinski definition) is 6. The van der Waals surface area contributed by atoms with E-state index in [0.29, 0.717) is 29.1 Å². The fourth-order valence-corrected chi connectivity index (χ4v) is 3.36. The molecule has 31 heavy (non-hydrogen) atoms. The molecule has 0 fully saturated rings. The van der Waals surface area contributed by atoms with Gasteiger partial charge >= 0.3 is 0 Å². The number of carbonyl (C=O) groups excluding carboxylic acids is 1. The standard InChI is InChI=1S/C22H18F2N6O/c1-12(14-3-4-16(23)20-15(22(25)31)6-7-26-21(14)20)9-28-19-8-17(29-11-30-19)13-2-5-18(24)27-10-13/h2-8,10-12H,9H2,1H3,(H2,25,31)(H,28,29,30)/t12-/m1/s1. The highest BCUT2D eigenvalue weighted by Crippen LogP contribution is 2.29. The molecule has 0 aliphatic heterocycles. The number of hydrogen-bond donors (Lipinski definition) is 2. The van der Waals surface area contributed by atoms with E-state index in [4.69, 9.17) is 5.73 Å². The number of primary amides is 1. The molecule has 4 aromatic rings. The van der Waals surface area contributed by atoms with Gasteiger partial charge in [-0.2, -0.15) is 4.39 Å². The second-order valence-electron chi connectivity index (χ2n) is 7.02. The van der Waals surface area contributed by atoms with Gasteiger partial charge in [0.05, 0.1) is 16.8 Å². The number of anilines is 1. The van der Waals surface area contributed by atoms with Crippen molar-refractivity contribution in [1.29, 1.82) is 0 Å². The number of carbonyl (C=O) groups is 1. The maximum atomic E-state index is 14.4. The van der Waals surface area contributed by atoms with Crippen molar-refractivity contribution in [2.45, 2.75) is 12.8 Å². The highest BCUT2D eigenvalue weighted by Gasteiger charge is 2.18. The van der Waals surface area contributed by atoms with Crippen LogP contribution in [0.2, 0.25) is 0 Å². The van der Waals surface area contributed by atoms with Gasteiger partial charge in [0.1, 0.15) is 18.0 Å². The summed E-state index contributed by atoms with van der Waals surface area (Å²) in [5.74, 6) is -1.35. The second-order valence-corrected chi connectivity index (χ2v) is 7.02. The summed E-state index contributed by atoms with van der Waals surface area (Å²) in [6.45, 7) is 2.41. The van der Waals surface area contributed by atoms with Gasteiger partial charge in [0.15, 0.2) is 0 Å². The van der Waals surface area contributed by atoms with Crippen molar-refractivity contribution < 1.29 is 13.6 Å². The molecule has 0 spiro atoms. The van der Waals surface area contributed by atoms with Crippen LogP contribution in [-0.2, 0) is 0 Å². The summed E-state index contributed by atoms with van der Waals surface area (Å²) in [5, 5.41) is 3.34. The third kappa shape index (κ3) is 4.16. The van der Waals surface area contributed by atoms with Crippen LogP contribution in [0.15, 0.2) is 55.1 Å². The van der Waals surface area contributed by atoms with Crippen molar-refractivity contribution in [3.63, 3.8) is 0 Å². The molecular formula is C22H18F2N6O. The Morgan fingerprint density at radius 2 is 1.94 bits per heavy atom. The van der Waals surface area contributed by atoms with Gasteiger partial charge in [-0.05, 0) is 29.8 Å². The second kappa shape index (κ2) is 8.39. The summed E-state index contributed by atoms with van der Waals surface area (Å²) in [7, 11) is 0. The van der Waals surface area contributed by atoms with E-state index in [2.05, 4.69) is 25.3 Å². The van der Waals surface area contributed by atoms with E-state index in [1.807, 2.05) is 6.92 Å². The van der Waals surface area contributed by atoms with Crippen LogP contribution < -0.4 is 11.1 Å². The van der Waals surface area contributed by atoms with Crippen molar-refractivity contribution in [2.75, 3.05) is 11.9 Å². The number of rotatable bonds is 6. The van der Waals surface area contributed by atoms with Crippen molar-refractivity contribution in [2.24, 2.45) is 5.73 Å². The van der Waals surface area contributed by atoms with Gasteiger partial charge in [-0.3, -0.25) is 9.78 Å². The third-order valence-corrected chi connectivity index (χ3v) is 4.95. The number of aromatic nitrogens is 4. The zero-order chi connectivity index (χ0) is 22.0. The van der Waals surface area contributed by atoms with Crippen molar-refractivity contribution >= 4 is 22.6 Å². The first-order valence-electron chi connectivity index (χ1n) is 9.49. The van der Waals surface area contributed by atoms with Gasteiger partial charge in [-0.25, -0.2) is 19.3 Å². The summed E-state index contributed by atoms with van der Waals surface area (Å²) in [6.07, 6.45) is 4.25. The first kappa shape index (κ1) is 20.3.